The zero-order valence-electron chi connectivity index (χ0n) is 12.1. The van der Waals surface area contributed by atoms with Crippen LogP contribution in [-0.4, -0.2) is 41.4 Å². The van der Waals surface area contributed by atoms with E-state index < -0.39 is 4.92 Å². The van der Waals surface area contributed by atoms with E-state index in [1.54, 1.807) is 17.0 Å². The zero-order valence-corrected chi connectivity index (χ0v) is 12.1. The molecular formula is C15H19N3O3. The molecule has 0 radical (unpaired) electrons. The molecule has 112 valence electrons. The number of benzene rings is 1. The zero-order chi connectivity index (χ0) is 15.0. The molecule has 1 aromatic carbocycles. The summed E-state index contributed by atoms with van der Waals surface area (Å²) in [6.07, 6.45) is 3.06. The number of hydrogen-bond acceptors (Lipinski definition) is 4. The van der Waals surface area contributed by atoms with Crippen molar-refractivity contribution in [3.8, 4) is 0 Å². The molecule has 1 aliphatic carbocycles. The van der Waals surface area contributed by atoms with Crippen molar-refractivity contribution in [3.05, 3.63) is 33.9 Å². The Labute approximate surface area is 123 Å². The van der Waals surface area contributed by atoms with E-state index in [1.807, 2.05) is 0 Å². The van der Waals surface area contributed by atoms with Crippen molar-refractivity contribution in [2.24, 2.45) is 0 Å². The van der Waals surface area contributed by atoms with E-state index in [1.165, 1.54) is 18.9 Å². The Balaban J connectivity index is 1.74. The molecule has 1 aromatic rings. The van der Waals surface area contributed by atoms with Crippen molar-refractivity contribution in [3.63, 3.8) is 0 Å². The molecule has 0 atom stereocenters. The minimum Gasteiger partial charge on any atom is -0.311 e. The molecule has 1 heterocycles. The molecule has 1 saturated carbocycles. The summed E-state index contributed by atoms with van der Waals surface area (Å²) in [6, 6.07) is 5.33. The average Bonchev–Trinajstić information content (AvgIpc) is 3.22. The van der Waals surface area contributed by atoms with Crippen molar-refractivity contribution >= 4 is 17.3 Å². The molecule has 21 heavy (non-hydrogen) atoms. The van der Waals surface area contributed by atoms with Gasteiger partial charge in [0.15, 0.2) is 0 Å². The van der Waals surface area contributed by atoms with E-state index >= 15 is 0 Å². The van der Waals surface area contributed by atoms with Crippen LogP contribution < -0.4 is 4.90 Å². The average molecular weight is 289 g/mol. The molecule has 0 saturated heterocycles. The highest BCUT2D eigenvalue weighted by molar-refractivity contribution is 5.97. The summed E-state index contributed by atoms with van der Waals surface area (Å²) in [5, 5.41) is 10.8. The minimum absolute atomic E-state index is 0.0937. The maximum Gasteiger partial charge on any atom is 0.269 e. The van der Waals surface area contributed by atoms with Crippen LogP contribution in [-0.2, 0) is 11.2 Å². The Kier molecular flexibility index (Phi) is 3.63. The third kappa shape index (κ3) is 2.76. The normalized spacial score (nSPS) is 17.1. The third-order valence-corrected chi connectivity index (χ3v) is 4.28. The first-order valence-electron chi connectivity index (χ1n) is 7.42. The van der Waals surface area contributed by atoms with Crippen LogP contribution in [0.4, 0.5) is 11.4 Å². The summed E-state index contributed by atoms with van der Waals surface area (Å²) >= 11 is 0. The fourth-order valence-corrected chi connectivity index (χ4v) is 2.96. The van der Waals surface area contributed by atoms with Crippen LogP contribution >= 0.6 is 0 Å². The van der Waals surface area contributed by atoms with Crippen molar-refractivity contribution in [2.75, 3.05) is 24.5 Å². The number of anilines is 1. The third-order valence-electron chi connectivity index (χ3n) is 4.28. The van der Waals surface area contributed by atoms with Gasteiger partial charge < -0.3 is 4.90 Å². The van der Waals surface area contributed by atoms with E-state index in [4.69, 9.17) is 0 Å². The van der Waals surface area contributed by atoms with Crippen molar-refractivity contribution in [2.45, 2.75) is 32.2 Å². The lowest BCUT2D eigenvalue weighted by Gasteiger charge is -2.24. The van der Waals surface area contributed by atoms with E-state index in [2.05, 4.69) is 11.8 Å². The highest BCUT2D eigenvalue weighted by Gasteiger charge is 2.32. The van der Waals surface area contributed by atoms with Gasteiger partial charge in [-0.2, -0.15) is 0 Å². The number of non-ortho nitro benzene ring substituents is 1. The van der Waals surface area contributed by atoms with E-state index in [0.717, 1.165) is 17.8 Å². The van der Waals surface area contributed by atoms with Crippen molar-refractivity contribution < 1.29 is 9.72 Å². The van der Waals surface area contributed by atoms with Crippen LogP contribution in [0.1, 0.15) is 25.3 Å². The van der Waals surface area contributed by atoms with Gasteiger partial charge in [0.05, 0.1) is 11.5 Å². The standard InChI is InChI=1S/C15H19N3O3/c1-2-16(12-3-4-12)10-15(19)17-8-7-11-9-13(18(20)21)5-6-14(11)17/h5-6,9,12H,2-4,7-8,10H2,1H3. The molecule has 0 spiro atoms. The molecule has 0 bridgehead atoms. The molecule has 6 heteroatoms. The number of carbonyl (C=O) groups is 1. The molecule has 0 N–H and O–H groups in total. The number of fused-ring (bicyclic) bond motifs is 1. The van der Waals surface area contributed by atoms with Crippen LogP contribution in [0, 0.1) is 10.1 Å². The molecule has 6 nitrogen and oxygen atoms in total. The molecule has 1 aliphatic heterocycles. The van der Waals surface area contributed by atoms with Gasteiger partial charge in [0, 0.05) is 30.4 Å². The summed E-state index contributed by atoms with van der Waals surface area (Å²) in [7, 11) is 0. The van der Waals surface area contributed by atoms with Crippen LogP contribution in [0.15, 0.2) is 18.2 Å². The molecule has 3 rings (SSSR count). The van der Waals surface area contributed by atoms with Gasteiger partial charge in [0.2, 0.25) is 5.91 Å². The summed E-state index contributed by atoms with van der Waals surface area (Å²) in [4.78, 5) is 26.9. The van der Waals surface area contributed by atoms with Crippen molar-refractivity contribution in [1.29, 1.82) is 0 Å². The number of carbonyl (C=O) groups excluding carboxylic acids is 1. The van der Waals surface area contributed by atoms with E-state index in [9.17, 15) is 14.9 Å². The summed E-state index contributed by atoms with van der Waals surface area (Å²) in [5.41, 5.74) is 1.82. The van der Waals surface area contributed by atoms with Crippen LogP contribution in [0.25, 0.3) is 0 Å². The number of rotatable bonds is 5. The first kappa shape index (κ1) is 14.0. The van der Waals surface area contributed by atoms with Gasteiger partial charge in [-0.3, -0.25) is 19.8 Å². The molecular weight excluding hydrogens is 270 g/mol. The SMILES string of the molecule is CCN(CC(=O)N1CCc2cc([N+](=O)[O-])ccc21)C1CC1. The monoisotopic (exact) mass is 289 g/mol. The number of hydrogen-bond donors (Lipinski definition) is 0. The first-order chi connectivity index (χ1) is 10.1. The molecule has 0 aromatic heterocycles. The summed E-state index contributed by atoms with van der Waals surface area (Å²) in [6.45, 7) is 4.03. The topological polar surface area (TPSA) is 66.7 Å². The van der Waals surface area contributed by atoms with E-state index in [-0.39, 0.29) is 11.6 Å². The smallest absolute Gasteiger partial charge is 0.269 e. The van der Waals surface area contributed by atoms with Gasteiger partial charge in [-0.15, -0.1) is 0 Å². The van der Waals surface area contributed by atoms with Crippen LogP contribution in [0.3, 0.4) is 0 Å². The lowest BCUT2D eigenvalue weighted by molar-refractivity contribution is -0.384. The van der Waals surface area contributed by atoms with Gasteiger partial charge in [-0.1, -0.05) is 6.92 Å². The first-order valence-corrected chi connectivity index (χ1v) is 7.42. The fraction of sp³-hybridized carbons (Fsp3) is 0.533. The Morgan fingerprint density at radius 3 is 2.86 bits per heavy atom. The maximum atomic E-state index is 12.5. The largest absolute Gasteiger partial charge is 0.311 e. The molecule has 0 unspecified atom stereocenters. The quantitative estimate of drug-likeness (QED) is 0.614. The second kappa shape index (κ2) is 5.44. The van der Waals surface area contributed by atoms with Crippen LogP contribution in [0.2, 0.25) is 0 Å². The molecule has 2 aliphatic rings. The summed E-state index contributed by atoms with van der Waals surface area (Å²) < 4.78 is 0. The number of nitro groups is 1. The Bertz CT molecular complexity index is 584. The van der Waals surface area contributed by atoms with Gasteiger partial charge >= 0.3 is 0 Å². The van der Waals surface area contributed by atoms with Gasteiger partial charge in [0.1, 0.15) is 0 Å². The lowest BCUT2D eigenvalue weighted by atomic mass is 10.1. The summed E-state index contributed by atoms with van der Waals surface area (Å²) in [5.74, 6) is 0.0938. The number of nitro benzene ring substituents is 1. The Hall–Kier alpha value is -1.95. The van der Waals surface area contributed by atoms with E-state index in [0.29, 0.717) is 25.6 Å². The van der Waals surface area contributed by atoms with Gasteiger partial charge in [0.25, 0.3) is 5.69 Å². The highest BCUT2D eigenvalue weighted by atomic mass is 16.6. The predicted molar refractivity (Wildman–Crippen MR) is 79.4 cm³/mol. The second-order valence-corrected chi connectivity index (χ2v) is 5.66. The second-order valence-electron chi connectivity index (χ2n) is 5.66. The lowest BCUT2D eigenvalue weighted by Crippen LogP contribution is -2.40. The minimum atomic E-state index is -0.392. The van der Waals surface area contributed by atoms with Crippen molar-refractivity contribution in [1.82, 2.24) is 4.90 Å². The Morgan fingerprint density at radius 1 is 1.48 bits per heavy atom. The van der Waals surface area contributed by atoms with Gasteiger partial charge in [-0.05, 0) is 37.4 Å². The maximum absolute atomic E-state index is 12.5. The highest BCUT2D eigenvalue weighted by Crippen LogP contribution is 2.32. The Morgan fingerprint density at radius 2 is 2.24 bits per heavy atom. The fourth-order valence-electron chi connectivity index (χ4n) is 2.96. The molecule has 1 fully saturated rings. The number of amides is 1. The van der Waals surface area contributed by atoms with Gasteiger partial charge in [-0.25, -0.2) is 0 Å². The van der Waals surface area contributed by atoms with Crippen LogP contribution in [0.5, 0.6) is 0 Å². The predicted octanol–water partition coefficient (Wildman–Crippen LogP) is 1.97. The number of nitrogens with zero attached hydrogens (tertiary/aromatic N) is 3. The number of likely N-dealkylation sites (N-methyl/N-ethyl adjacent to an activating group) is 1. The molecule has 1 amide bonds.